The minimum absolute atomic E-state index is 0.100. The highest BCUT2D eigenvalue weighted by molar-refractivity contribution is 6.32. The molecule has 0 radical (unpaired) electrons. The van der Waals surface area contributed by atoms with Crippen LogP contribution in [0, 0.1) is 0 Å². The molecule has 6 heteroatoms. The van der Waals surface area contributed by atoms with Gasteiger partial charge in [-0.1, -0.05) is 30.7 Å². The number of carbonyl (C=O) groups excluding carboxylic acids is 1. The van der Waals surface area contributed by atoms with Gasteiger partial charge in [-0.15, -0.1) is 0 Å². The number of anilines is 2. The highest BCUT2D eigenvalue weighted by Gasteiger charge is 2.11. The van der Waals surface area contributed by atoms with Crippen molar-refractivity contribution in [3.8, 4) is 0 Å². The van der Waals surface area contributed by atoms with Gasteiger partial charge >= 0.3 is 0 Å². The summed E-state index contributed by atoms with van der Waals surface area (Å²) in [6, 6.07) is 11.8. The summed E-state index contributed by atoms with van der Waals surface area (Å²) in [7, 11) is 4.03. The molecule has 1 aromatic heterocycles. The van der Waals surface area contributed by atoms with Gasteiger partial charge in [-0.3, -0.25) is 9.69 Å². The van der Waals surface area contributed by atoms with Crippen molar-refractivity contribution in [3.05, 3.63) is 53.3 Å². The SMILES string of the molecule is CCN(CC(=O)Nc1cccnc1Cl)Cc1ccc(N(C)C)cc1. The molecule has 0 aliphatic carbocycles. The van der Waals surface area contributed by atoms with Crippen molar-refractivity contribution >= 4 is 28.9 Å². The first kappa shape index (κ1) is 18.2. The number of hydrogen-bond acceptors (Lipinski definition) is 4. The van der Waals surface area contributed by atoms with Gasteiger partial charge in [0.15, 0.2) is 5.15 Å². The fourth-order valence-electron chi connectivity index (χ4n) is 2.31. The van der Waals surface area contributed by atoms with E-state index in [-0.39, 0.29) is 5.91 Å². The molecule has 0 fully saturated rings. The van der Waals surface area contributed by atoms with Gasteiger partial charge in [-0.25, -0.2) is 4.98 Å². The van der Waals surface area contributed by atoms with E-state index in [1.54, 1.807) is 18.3 Å². The Hall–Kier alpha value is -2.11. The molecular formula is C18H23ClN4O. The predicted octanol–water partition coefficient (Wildman–Crippen LogP) is 3.26. The number of likely N-dealkylation sites (N-methyl/N-ethyl adjacent to an activating group) is 1. The molecule has 1 heterocycles. The molecule has 0 saturated heterocycles. The van der Waals surface area contributed by atoms with E-state index >= 15 is 0 Å². The van der Waals surface area contributed by atoms with E-state index in [0.29, 0.717) is 17.4 Å². The van der Waals surface area contributed by atoms with Crippen molar-refractivity contribution in [1.82, 2.24) is 9.88 Å². The maximum absolute atomic E-state index is 12.2. The van der Waals surface area contributed by atoms with E-state index in [2.05, 4.69) is 44.4 Å². The molecule has 2 aromatic rings. The van der Waals surface area contributed by atoms with Crippen molar-refractivity contribution in [3.63, 3.8) is 0 Å². The zero-order valence-corrected chi connectivity index (χ0v) is 15.0. The lowest BCUT2D eigenvalue weighted by molar-refractivity contribution is -0.117. The van der Waals surface area contributed by atoms with Crippen LogP contribution in [0.1, 0.15) is 12.5 Å². The van der Waals surface area contributed by atoms with Gasteiger partial charge in [-0.05, 0) is 36.4 Å². The van der Waals surface area contributed by atoms with Crippen LogP contribution >= 0.6 is 11.6 Å². The van der Waals surface area contributed by atoms with Crippen LogP contribution in [0.4, 0.5) is 11.4 Å². The van der Waals surface area contributed by atoms with Crippen LogP contribution < -0.4 is 10.2 Å². The van der Waals surface area contributed by atoms with Crippen LogP contribution in [0.2, 0.25) is 5.15 Å². The molecular weight excluding hydrogens is 324 g/mol. The fraction of sp³-hybridized carbons (Fsp3) is 0.333. The molecule has 0 saturated carbocycles. The second-order valence-electron chi connectivity index (χ2n) is 5.75. The van der Waals surface area contributed by atoms with Crippen LogP contribution in [0.3, 0.4) is 0 Å². The van der Waals surface area contributed by atoms with Crippen LogP contribution in [0.5, 0.6) is 0 Å². The third kappa shape index (κ3) is 5.22. The molecule has 128 valence electrons. The lowest BCUT2D eigenvalue weighted by atomic mass is 10.2. The summed E-state index contributed by atoms with van der Waals surface area (Å²) in [5.74, 6) is -0.100. The van der Waals surface area contributed by atoms with Gasteiger partial charge in [0.2, 0.25) is 5.91 Å². The van der Waals surface area contributed by atoms with Gasteiger partial charge in [0.25, 0.3) is 0 Å². The first-order valence-corrected chi connectivity index (χ1v) is 8.26. The molecule has 2 rings (SSSR count). The third-order valence-electron chi connectivity index (χ3n) is 3.71. The molecule has 0 unspecified atom stereocenters. The van der Waals surface area contributed by atoms with E-state index in [1.165, 1.54) is 5.56 Å². The average molecular weight is 347 g/mol. The second-order valence-corrected chi connectivity index (χ2v) is 6.11. The molecule has 0 aliphatic rings. The average Bonchev–Trinajstić information content (AvgIpc) is 2.56. The summed E-state index contributed by atoms with van der Waals surface area (Å²) >= 11 is 5.97. The molecule has 0 atom stereocenters. The van der Waals surface area contributed by atoms with Crippen LogP contribution in [-0.2, 0) is 11.3 Å². The number of nitrogens with one attached hydrogen (secondary N) is 1. The lowest BCUT2D eigenvalue weighted by Gasteiger charge is -2.20. The zero-order valence-electron chi connectivity index (χ0n) is 14.3. The maximum atomic E-state index is 12.2. The summed E-state index contributed by atoms with van der Waals surface area (Å²) in [5.41, 5.74) is 2.87. The molecule has 0 bridgehead atoms. The van der Waals surface area contributed by atoms with Crippen molar-refractivity contribution in [2.24, 2.45) is 0 Å². The first-order chi connectivity index (χ1) is 11.5. The molecule has 1 aromatic carbocycles. The van der Waals surface area contributed by atoms with Gasteiger partial charge in [-0.2, -0.15) is 0 Å². The molecule has 5 nitrogen and oxygen atoms in total. The number of rotatable bonds is 7. The predicted molar refractivity (Wildman–Crippen MR) is 99.6 cm³/mol. The highest BCUT2D eigenvalue weighted by Crippen LogP contribution is 2.17. The lowest BCUT2D eigenvalue weighted by Crippen LogP contribution is -2.32. The summed E-state index contributed by atoms with van der Waals surface area (Å²) in [4.78, 5) is 20.3. The monoisotopic (exact) mass is 346 g/mol. The van der Waals surface area contributed by atoms with Crippen molar-refractivity contribution in [2.45, 2.75) is 13.5 Å². The van der Waals surface area contributed by atoms with E-state index in [0.717, 1.165) is 18.8 Å². The summed E-state index contributed by atoms with van der Waals surface area (Å²) < 4.78 is 0. The van der Waals surface area contributed by atoms with Crippen LogP contribution in [0.25, 0.3) is 0 Å². The Kier molecular flexibility index (Phi) is 6.58. The number of hydrogen-bond donors (Lipinski definition) is 1. The number of amides is 1. The number of benzene rings is 1. The number of halogens is 1. The van der Waals surface area contributed by atoms with Crippen molar-refractivity contribution in [1.29, 1.82) is 0 Å². The molecule has 0 aliphatic heterocycles. The van der Waals surface area contributed by atoms with Gasteiger partial charge < -0.3 is 10.2 Å². The molecule has 24 heavy (non-hydrogen) atoms. The molecule has 0 spiro atoms. The fourth-order valence-corrected chi connectivity index (χ4v) is 2.48. The maximum Gasteiger partial charge on any atom is 0.238 e. The van der Waals surface area contributed by atoms with E-state index in [1.807, 2.05) is 21.0 Å². The van der Waals surface area contributed by atoms with E-state index < -0.39 is 0 Å². The number of aromatic nitrogens is 1. The Bertz CT molecular complexity index is 673. The van der Waals surface area contributed by atoms with Crippen molar-refractivity contribution in [2.75, 3.05) is 37.4 Å². The Labute approximate surface area is 148 Å². The van der Waals surface area contributed by atoms with E-state index in [4.69, 9.17) is 11.6 Å². The summed E-state index contributed by atoms with van der Waals surface area (Å²) in [5, 5.41) is 3.10. The zero-order chi connectivity index (χ0) is 17.5. The van der Waals surface area contributed by atoms with Gasteiger partial charge in [0, 0.05) is 32.5 Å². The molecule has 1 amide bonds. The summed E-state index contributed by atoms with van der Waals surface area (Å²) in [6.45, 7) is 3.84. The minimum atomic E-state index is -0.100. The van der Waals surface area contributed by atoms with Crippen LogP contribution in [0.15, 0.2) is 42.6 Å². The Morgan fingerprint density at radius 2 is 1.92 bits per heavy atom. The highest BCUT2D eigenvalue weighted by atomic mass is 35.5. The largest absolute Gasteiger partial charge is 0.378 e. The third-order valence-corrected chi connectivity index (χ3v) is 4.01. The van der Waals surface area contributed by atoms with Gasteiger partial charge in [0.05, 0.1) is 12.2 Å². The Morgan fingerprint density at radius 1 is 1.21 bits per heavy atom. The number of nitrogens with zero attached hydrogens (tertiary/aromatic N) is 3. The quantitative estimate of drug-likeness (QED) is 0.782. The van der Waals surface area contributed by atoms with Gasteiger partial charge in [0.1, 0.15) is 0 Å². The topological polar surface area (TPSA) is 48.5 Å². The second kappa shape index (κ2) is 8.66. The minimum Gasteiger partial charge on any atom is -0.378 e. The number of carbonyl (C=O) groups is 1. The standard InChI is InChI=1S/C18H23ClN4O/c1-4-23(12-14-7-9-15(10-8-14)22(2)3)13-17(24)21-16-6-5-11-20-18(16)19/h5-11H,4,12-13H2,1-3H3,(H,21,24). The van der Waals surface area contributed by atoms with E-state index in [9.17, 15) is 4.79 Å². The Morgan fingerprint density at radius 3 is 2.50 bits per heavy atom. The Balaban J connectivity index is 1.94. The normalized spacial score (nSPS) is 10.7. The first-order valence-electron chi connectivity index (χ1n) is 7.88. The van der Waals surface area contributed by atoms with Crippen molar-refractivity contribution < 1.29 is 4.79 Å². The smallest absolute Gasteiger partial charge is 0.238 e. The number of pyridine rings is 1. The van der Waals surface area contributed by atoms with Crippen LogP contribution in [-0.4, -0.2) is 43.0 Å². The summed E-state index contributed by atoms with van der Waals surface area (Å²) in [6.07, 6.45) is 1.59. The molecule has 1 N–H and O–H groups in total.